The molecule has 28 heavy (non-hydrogen) atoms. The van der Waals surface area contributed by atoms with Crippen molar-refractivity contribution < 1.29 is 14.6 Å². The van der Waals surface area contributed by atoms with E-state index in [1.165, 1.54) is 24.0 Å². The average molecular weight is 376 g/mol. The summed E-state index contributed by atoms with van der Waals surface area (Å²) in [7, 11) is 0. The molecule has 5 atom stereocenters. The number of hydrogen-bond donors (Lipinski definition) is 1. The summed E-state index contributed by atoms with van der Waals surface area (Å²) in [6.07, 6.45) is 6.50. The third kappa shape index (κ3) is 2.79. The van der Waals surface area contributed by atoms with Crippen LogP contribution in [0.2, 0.25) is 0 Å². The Hall–Kier alpha value is -2.13. The van der Waals surface area contributed by atoms with Crippen LogP contribution in [-0.2, 0) is 6.42 Å². The highest BCUT2D eigenvalue weighted by molar-refractivity contribution is 5.91. The molecule has 0 aliphatic heterocycles. The van der Waals surface area contributed by atoms with Crippen molar-refractivity contribution >= 4 is 5.97 Å². The average Bonchev–Trinajstić information content (AvgIpc) is 3.03. The number of carbonyl (C=O) groups is 1. The zero-order chi connectivity index (χ0) is 19.3. The van der Waals surface area contributed by atoms with Crippen LogP contribution in [-0.4, -0.2) is 17.2 Å². The molecule has 2 saturated carbocycles. The van der Waals surface area contributed by atoms with Crippen LogP contribution in [0.4, 0.5) is 0 Å². The van der Waals surface area contributed by atoms with E-state index < -0.39 is 0 Å². The second kappa shape index (κ2) is 6.73. The minimum atomic E-state index is -0.303. The molecular formula is C25H28O3. The van der Waals surface area contributed by atoms with Gasteiger partial charge in [0.1, 0.15) is 5.75 Å². The Kier molecular flexibility index (Phi) is 4.31. The third-order valence-electron chi connectivity index (χ3n) is 7.87. The number of fused-ring (bicyclic) bond motifs is 5. The van der Waals surface area contributed by atoms with E-state index in [4.69, 9.17) is 4.74 Å². The molecule has 146 valence electrons. The number of aliphatic hydroxyl groups excluding tert-OH is 1. The van der Waals surface area contributed by atoms with E-state index in [0.717, 1.165) is 25.7 Å². The van der Waals surface area contributed by atoms with Gasteiger partial charge in [0.2, 0.25) is 0 Å². The van der Waals surface area contributed by atoms with Crippen molar-refractivity contribution in [3.05, 3.63) is 65.2 Å². The van der Waals surface area contributed by atoms with Crippen LogP contribution in [0.1, 0.15) is 66.4 Å². The van der Waals surface area contributed by atoms with Crippen LogP contribution in [0.25, 0.3) is 0 Å². The van der Waals surface area contributed by atoms with Gasteiger partial charge in [0, 0.05) is 0 Å². The molecule has 3 nitrogen and oxygen atoms in total. The Morgan fingerprint density at radius 1 is 1.07 bits per heavy atom. The second-order valence-corrected chi connectivity index (χ2v) is 9.17. The zero-order valence-corrected chi connectivity index (χ0v) is 16.4. The highest BCUT2D eigenvalue weighted by atomic mass is 16.5. The van der Waals surface area contributed by atoms with Crippen LogP contribution in [0.3, 0.4) is 0 Å². The van der Waals surface area contributed by atoms with Crippen molar-refractivity contribution in [2.45, 2.75) is 57.5 Å². The lowest BCUT2D eigenvalue weighted by atomic mass is 9.55. The topological polar surface area (TPSA) is 46.5 Å². The van der Waals surface area contributed by atoms with Gasteiger partial charge >= 0.3 is 5.97 Å². The Labute approximate surface area is 166 Å². The largest absolute Gasteiger partial charge is 0.423 e. The fraction of sp³-hybridized carbons (Fsp3) is 0.480. The summed E-state index contributed by atoms with van der Waals surface area (Å²) in [5.41, 5.74) is 3.47. The minimum Gasteiger partial charge on any atom is -0.423 e. The first-order chi connectivity index (χ1) is 13.6. The van der Waals surface area contributed by atoms with Crippen LogP contribution in [0.15, 0.2) is 48.5 Å². The molecule has 0 heterocycles. The molecule has 3 heteroatoms. The highest BCUT2D eigenvalue weighted by Gasteiger charge is 2.54. The van der Waals surface area contributed by atoms with Gasteiger partial charge in [-0.2, -0.15) is 0 Å². The van der Waals surface area contributed by atoms with Gasteiger partial charge in [-0.3, -0.25) is 0 Å². The lowest BCUT2D eigenvalue weighted by molar-refractivity contribution is -0.0226. The Morgan fingerprint density at radius 2 is 1.89 bits per heavy atom. The van der Waals surface area contributed by atoms with E-state index in [1.54, 1.807) is 12.1 Å². The molecule has 0 bridgehead atoms. The first kappa shape index (κ1) is 17.9. The van der Waals surface area contributed by atoms with E-state index in [0.29, 0.717) is 29.1 Å². The molecule has 3 aliphatic rings. The number of carbonyl (C=O) groups excluding carboxylic acids is 1. The Balaban J connectivity index is 1.37. The van der Waals surface area contributed by atoms with E-state index in [9.17, 15) is 9.90 Å². The van der Waals surface area contributed by atoms with Crippen molar-refractivity contribution in [3.63, 3.8) is 0 Å². The first-order valence-electron chi connectivity index (χ1n) is 10.6. The van der Waals surface area contributed by atoms with Gasteiger partial charge in [-0.15, -0.1) is 0 Å². The summed E-state index contributed by atoms with van der Waals surface area (Å²) in [6.45, 7) is 2.31. The quantitative estimate of drug-likeness (QED) is 0.584. The van der Waals surface area contributed by atoms with Crippen molar-refractivity contribution in [3.8, 4) is 5.75 Å². The monoisotopic (exact) mass is 376 g/mol. The summed E-state index contributed by atoms with van der Waals surface area (Å²) in [5, 5.41) is 10.5. The van der Waals surface area contributed by atoms with Crippen LogP contribution >= 0.6 is 0 Å². The Bertz CT molecular complexity index is 890. The van der Waals surface area contributed by atoms with Crippen molar-refractivity contribution in [1.82, 2.24) is 0 Å². The summed E-state index contributed by atoms with van der Waals surface area (Å²) >= 11 is 0. The Morgan fingerprint density at radius 3 is 2.71 bits per heavy atom. The smallest absolute Gasteiger partial charge is 0.343 e. The number of aliphatic hydroxyl groups is 1. The fourth-order valence-corrected chi connectivity index (χ4v) is 6.33. The van der Waals surface area contributed by atoms with Crippen molar-refractivity contribution in [2.75, 3.05) is 0 Å². The van der Waals surface area contributed by atoms with Gasteiger partial charge in [0.05, 0.1) is 11.7 Å². The summed E-state index contributed by atoms with van der Waals surface area (Å²) < 4.78 is 5.63. The summed E-state index contributed by atoms with van der Waals surface area (Å²) in [4.78, 5) is 12.4. The number of esters is 1. The van der Waals surface area contributed by atoms with E-state index in [2.05, 4.69) is 19.1 Å². The molecule has 5 rings (SSSR count). The molecule has 0 radical (unpaired) electrons. The number of aryl methyl sites for hydroxylation is 1. The minimum absolute atomic E-state index is 0.115. The lowest BCUT2D eigenvalue weighted by Gasteiger charge is -2.50. The molecule has 2 aromatic carbocycles. The van der Waals surface area contributed by atoms with E-state index in [1.807, 2.05) is 24.3 Å². The molecule has 0 unspecified atom stereocenters. The van der Waals surface area contributed by atoms with Gasteiger partial charge in [-0.1, -0.05) is 31.2 Å². The number of ether oxygens (including phenoxy) is 1. The maximum Gasteiger partial charge on any atom is 0.343 e. The zero-order valence-electron chi connectivity index (χ0n) is 16.4. The molecule has 2 fully saturated rings. The second-order valence-electron chi connectivity index (χ2n) is 9.17. The number of hydrogen-bond acceptors (Lipinski definition) is 3. The predicted molar refractivity (Wildman–Crippen MR) is 108 cm³/mol. The van der Waals surface area contributed by atoms with Gasteiger partial charge in [0.25, 0.3) is 0 Å². The highest BCUT2D eigenvalue weighted by Crippen LogP contribution is 2.60. The van der Waals surface area contributed by atoms with Crippen molar-refractivity contribution in [2.24, 2.45) is 17.3 Å². The molecule has 1 N–H and O–H groups in total. The first-order valence-corrected chi connectivity index (χ1v) is 10.6. The molecule has 2 aromatic rings. The van der Waals surface area contributed by atoms with Crippen molar-refractivity contribution in [1.29, 1.82) is 0 Å². The predicted octanol–water partition coefficient (Wildman–Crippen LogP) is 5.12. The molecule has 0 spiro atoms. The molecule has 0 aromatic heterocycles. The van der Waals surface area contributed by atoms with Crippen LogP contribution in [0.5, 0.6) is 5.75 Å². The van der Waals surface area contributed by atoms with Gasteiger partial charge in [-0.05, 0) is 97.1 Å². The van der Waals surface area contributed by atoms with Crippen LogP contribution < -0.4 is 4.74 Å². The fourth-order valence-electron chi connectivity index (χ4n) is 6.33. The standard InChI is InChI=1S/C25H28O3/c1-25-14-13-20-19-10-8-18(28-24(27)16-5-3-2-4-6-16)15-17(19)7-9-21(20)22(25)11-12-23(25)26/h2-6,8,10,15,20-23,26H,7,9,11-14H2,1H3/t20-,21-,22+,23+,25+/m0/s1. The number of rotatable bonds is 2. The maximum atomic E-state index is 12.4. The molecular weight excluding hydrogens is 348 g/mol. The molecule has 0 saturated heterocycles. The SMILES string of the molecule is C[C@@]12CC[C@H]3c4ccc(OC(=O)c5ccccc5)cc4CC[C@@H]3[C@H]1CC[C@H]2O. The summed E-state index contributed by atoms with van der Waals surface area (Å²) in [5.74, 6) is 2.25. The van der Waals surface area contributed by atoms with Crippen LogP contribution in [0, 0.1) is 17.3 Å². The molecule has 3 aliphatic carbocycles. The number of benzene rings is 2. The van der Waals surface area contributed by atoms with Gasteiger partial charge < -0.3 is 9.84 Å². The maximum absolute atomic E-state index is 12.4. The summed E-state index contributed by atoms with van der Waals surface area (Å²) in [6, 6.07) is 15.4. The van der Waals surface area contributed by atoms with Gasteiger partial charge in [-0.25, -0.2) is 4.79 Å². The van der Waals surface area contributed by atoms with E-state index in [-0.39, 0.29) is 17.5 Å². The lowest BCUT2D eigenvalue weighted by Crippen LogP contribution is -2.43. The molecule has 0 amide bonds. The van der Waals surface area contributed by atoms with E-state index >= 15 is 0 Å². The third-order valence-corrected chi connectivity index (χ3v) is 7.87. The van der Waals surface area contributed by atoms with Gasteiger partial charge in [0.15, 0.2) is 0 Å². The normalized spacial score (nSPS) is 33.5.